The number of ether oxygens (including phenoxy) is 3. The number of fused-ring (bicyclic) bond motifs is 3. The van der Waals surface area contributed by atoms with Gasteiger partial charge in [0.25, 0.3) is 5.91 Å². The van der Waals surface area contributed by atoms with E-state index in [1.165, 1.54) is 17.6 Å². The minimum absolute atomic E-state index is 0.141. The molecule has 0 saturated carbocycles. The standard InChI is InChI=1S/C24H25N3O5/c1-30-14-4-6-18-17(10-14)16-8-9-26(13-19(16)25-18)21-12-23(28)27(24(21)29)20-11-15(31-2)5-7-22(20)32-3/h4-7,10-11,21,25H,8-9,12-13H2,1-3H3. The number of amides is 2. The average Bonchev–Trinajstić information content (AvgIpc) is 3.33. The third kappa shape index (κ3) is 3.18. The lowest BCUT2D eigenvalue weighted by molar-refractivity contribution is -0.123. The van der Waals surface area contributed by atoms with Crippen molar-refractivity contribution in [2.24, 2.45) is 0 Å². The van der Waals surface area contributed by atoms with Crippen LogP contribution >= 0.6 is 0 Å². The molecule has 0 bridgehead atoms. The van der Waals surface area contributed by atoms with Crippen molar-refractivity contribution in [3.05, 3.63) is 47.7 Å². The van der Waals surface area contributed by atoms with Crippen LogP contribution < -0.4 is 19.1 Å². The molecule has 8 nitrogen and oxygen atoms in total. The third-order valence-electron chi connectivity index (χ3n) is 6.40. The number of nitrogens with zero attached hydrogens (tertiary/aromatic N) is 2. The second-order valence-electron chi connectivity index (χ2n) is 8.04. The smallest absolute Gasteiger partial charge is 0.251 e. The maximum absolute atomic E-state index is 13.4. The SMILES string of the molecule is COc1ccc(OC)c(N2C(=O)CC(N3CCc4c([nH]c5ccc(OC)cc45)C3)C2=O)c1. The van der Waals surface area contributed by atoms with Gasteiger partial charge < -0.3 is 19.2 Å². The van der Waals surface area contributed by atoms with Gasteiger partial charge in [-0.1, -0.05) is 0 Å². The molecule has 1 atom stereocenters. The number of imide groups is 1. The van der Waals surface area contributed by atoms with Crippen LogP contribution in [-0.2, 0) is 22.6 Å². The summed E-state index contributed by atoms with van der Waals surface area (Å²) >= 11 is 0. The van der Waals surface area contributed by atoms with Crippen LogP contribution in [0.2, 0.25) is 0 Å². The van der Waals surface area contributed by atoms with Crippen LogP contribution in [0, 0.1) is 0 Å². The summed E-state index contributed by atoms with van der Waals surface area (Å²) in [7, 11) is 4.72. The molecule has 2 aromatic carbocycles. The van der Waals surface area contributed by atoms with E-state index >= 15 is 0 Å². The average molecular weight is 435 g/mol. The minimum Gasteiger partial charge on any atom is -0.497 e. The Kier molecular flexibility index (Phi) is 5.01. The monoisotopic (exact) mass is 435 g/mol. The number of aromatic nitrogens is 1. The molecule has 1 N–H and O–H groups in total. The Hall–Kier alpha value is -3.52. The number of carbonyl (C=O) groups excluding carboxylic acids is 2. The lowest BCUT2D eigenvalue weighted by atomic mass is 10.0. The van der Waals surface area contributed by atoms with E-state index in [0.29, 0.717) is 30.3 Å². The van der Waals surface area contributed by atoms with Gasteiger partial charge in [0.1, 0.15) is 17.2 Å². The van der Waals surface area contributed by atoms with Crippen molar-refractivity contribution in [2.45, 2.75) is 25.4 Å². The van der Waals surface area contributed by atoms with Crippen molar-refractivity contribution >= 4 is 28.4 Å². The summed E-state index contributed by atoms with van der Waals surface area (Å²) in [5.41, 5.74) is 3.80. The number of aromatic amines is 1. The third-order valence-corrected chi connectivity index (χ3v) is 6.40. The predicted molar refractivity (Wildman–Crippen MR) is 119 cm³/mol. The van der Waals surface area contributed by atoms with Crippen LogP contribution in [0.25, 0.3) is 10.9 Å². The Balaban J connectivity index is 1.43. The number of rotatable bonds is 5. The molecule has 2 aliphatic rings. The van der Waals surface area contributed by atoms with Crippen LogP contribution in [0.4, 0.5) is 5.69 Å². The number of anilines is 1. The molecule has 0 spiro atoms. The Bertz CT molecular complexity index is 1220. The highest BCUT2D eigenvalue weighted by molar-refractivity contribution is 6.23. The van der Waals surface area contributed by atoms with Crippen LogP contribution in [-0.4, -0.2) is 55.6 Å². The first-order chi connectivity index (χ1) is 15.5. The van der Waals surface area contributed by atoms with E-state index in [2.05, 4.69) is 9.88 Å². The summed E-state index contributed by atoms with van der Waals surface area (Å²) in [6.07, 6.45) is 0.936. The van der Waals surface area contributed by atoms with E-state index in [-0.39, 0.29) is 18.2 Å². The first-order valence-electron chi connectivity index (χ1n) is 10.5. The highest BCUT2D eigenvalue weighted by Crippen LogP contribution is 2.38. The number of hydrogen-bond acceptors (Lipinski definition) is 6. The first kappa shape index (κ1) is 20.4. The van der Waals surface area contributed by atoms with E-state index in [1.807, 2.05) is 18.2 Å². The summed E-state index contributed by atoms with van der Waals surface area (Å²) in [5.74, 6) is 1.36. The molecule has 5 rings (SSSR count). The molecule has 2 amide bonds. The second kappa shape index (κ2) is 7.87. The number of benzene rings is 2. The van der Waals surface area contributed by atoms with Gasteiger partial charge in [-0.15, -0.1) is 0 Å². The van der Waals surface area contributed by atoms with E-state index in [0.717, 1.165) is 28.8 Å². The van der Waals surface area contributed by atoms with Gasteiger partial charge in [-0.3, -0.25) is 14.5 Å². The highest BCUT2D eigenvalue weighted by atomic mass is 16.5. The van der Waals surface area contributed by atoms with Gasteiger partial charge >= 0.3 is 0 Å². The largest absolute Gasteiger partial charge is 0.497 e. The molecule has 8 heteroatoms. The van der Waals surface area contributed by atoms with Gasteiger partial charge in [0.05, 0.1) is 39.5 Å². The number of nitrogens with one attached hydrogen (secondary N) is 1. The molecule has 2 aliphatic heterocycles. The lowest BCUT2D eigenvalue weighted by Gasteiger charge is -2.31. The molecule has 0 aliphatic carbocycles. The predicted octanol–water partition coefficient (Wildman–Crippen LogP) is 2.88. The molecule has 166 valence electrons. The van der Waals surface area contributed by atoms with Gasteiger partial charge in [-0.2, -0.15) is 0 Å². The van der Waals surface area contributed by atoms with Crippen molar-refractivity contribution in [2.75, 3.05) is 32.8 Å². The first-order valence-corrected chi connectivity index (χ1v) is 10.5. The van der Waals surface area contributed by atoms with E-state index in [9.17, 15) is 9.59 Å². The summed E-state index contributed by atoms with van der Waals surface area (Å²) < 4.78 is 16.1. The molecule has 1 unspecified atom stereocenters. The second-order valence-corrected chi connectivity index (χ2v) is 8.04. The minimum atomic E-state index is -0.507. The Labute approximate surface area is 185 Å². The van der Waals surface area contributed by atoms with Gasteiger partial charge in [-0.05, 0) is 42.3 Å². The summed E-state index contributed by atoms with van der Waals surface area (Å²) in [5, 5.41) is 1.15. The summed E-state index contributed by atoms with van der Waals surface area (Å²) in [6.45, 7) is 1.28. The van der Waals surface area contributed by atoms with E-state index in [1.54, 1.807) is 32.4 Å². The highest BCUT2D eigenvalue weighted by Gasteiger charge is 2.44. The van der Waals surface area contributed by atoms with Crippen LogP contribution in [0.5, 0.6) is 17.2 Å². The fraction of sp³-hybridized carbons (Fsp3) is 0.333. The number of carbonyl (C=O) groups is 2. The molecule has 1 saturated heterocycles. The van der Waals surface area contributed by atoms with Crippen LogP contribution in [0.1, 0.15) is 17.7 Å². The lowest BCUT2D eigenvalue weighted by Crippen LogP contribution is -2.44. The summed E-state index contributed by atoms with van der Waals surface area (Å²) in [6, 6.07) is 10.6. The van der Waals surface area contributed by atoms with Crippen molar-refractivity contribution in [1.82, 2.24) is 9.88 Å². The van der Waals surface area contributed by atoms with Gasteiger partial charge in [0.15, 0.2) is 0 Å². The Morgan fingerprint density at radius 1 is 0.969 bits per heavy atom. The molecule has 32 heavy (non-hydrogen) atoms. The topological polar surface area (TPSA) is 84.1 Å². The molecule has 3 aromatic rings. The van der Waals surface area contributed by atoms with Crippen molar-refractivity contribution < 1.29 is 23.8 Å². The zero-order valence-corrected chi connectivity index (χ0v) is 18.3. The van der Waals surface area contributed by atoms with E-state index < -0.39 is 6.04 Å². The normalized spacial score (nSPS) is 18.8. The zero-order chi connectivity index (χ0) is 22.4. The summed E-state index contributed by atoms with van der Waals surface area (Å²) in [4.78, 5) is 33.1. The molecule has 1 fully saturated rings. The maximum Gasteiger partial charge on any atom is 0.251 e. The fourth-order valence-corrected chi connectivity index (χ4v) is 4.76. The van der Waals surface area contributed by atoms with Crippen LogP contribution in [0.15, 0.2) is 36.4 Å². The number of H-pyrrole nitrogens is 1. The molecular weight excluding hydrogens is 410 g/mol. The Morgan fingerprint density at radius 2 is 1.72 bits per heavy atom. The number of methoxy groups -OCH3 is 3. The quantitative estimate of drug-likeness (QED) is 0.621. The molecular formula is C24H25N3O5. The molecule has 3 heterocycles. The molecule has 1 aromatic heterocycles. The van der Waals surface area contributed by atoms with Gasteiger partial charge in [-0.25, -0.2) is 4.90 Å². The van der Waals surface area contributed by atoms with Crippen molar-refractivity contribution in [3.8, 4) is 17.2 Å². The van der Waals surface area contributed by atoms with E-state index in [4.69, 9.17) is 14.2 Å². The van der Waals surface area contributed by atoms with Gasteiger partial charge in [0.2, 0.25) is 5.91 Å². The number of hydrogen-bond donors (Lipinski definition) is 1. The van der Waals surface area contributed by atoms with Crippen LogP contribution in [0.3, 0.4) is 0 Å². The Morgan fingerprint density at radius 3 is 2.47 bits per heavy atom. The molecule has 0 radical (unpaired) electrons. The fourth-order valence-electron chi connectivity index (χ4n) is 4.76. The van der Waals surface area contributed by atoms with Crippen molar-refractivity contribution in [3.63, 3.8) is 0 Å². The van der Waals surface area contributed by atoms with Gasteiger partial charge in [0, 0.05) is 35.8 Å². The van der Waals surface area contributed by atoms with Crippen molar-refractivity contribution in [1.29, 1.82) is 0 Å². The maximum atomic E-state index is 13.4. The zero-order valence-electron chi connectivity index (χ0n) is 18.3.